The molecule has 0 aliphatic heterocycles. The second kappa shape index (κ2) is 5.30. The largest absolute Gasteiger partial charge is 0.389 e. The summed E-state index contributed by atoms with van der Waals surface area (Å²) in [6, 6.07) is 3.22. The van der Waals surface area contributed by atoms with E-state index in [1.807, 2.05) is 13.0 Å². The van der Waals surface area contributed by atoms with E-state index >= 15 is 0 Å². The standard InChI is InChI=1S/C11H15F3N2/c1-8-4-3-7-16-10(8)9(15)5-2-6-11(12,13)14/h3-4,7,9H,2,5-6,15H2,1H3. The van der Waals surface area contributed by atoms with Crippen LogP contribution in [-0.4, -0.2) is 11.2 Å². The van der Waals surface area contributed by atoms with Gasteiger partial charge in [0.2, 0.25) is 0 Å². The molecule has 2 N–H and O–H groups in total. The summed E-state index contributed by atoms with van der Waals surface area (Å²) in [4.78, 5) is 4.09. The summed E-state index contributed by atoms with van der Waals surface area (Å²) in [5.41, 5.74) is 7.40. The number of halogens is 3. The molecule has 0 aliphatic carbocycles. The van der Waals surface area contributed by atoms with Gasteiger partial charge in [-0.3, -0.25) is 4.98 Å². The van der Waals surface area contributed by atoms with Gasteiger partial charge in [0.1, 0.15) is 0 Å². The average molecular weight is 232 g/mol. The Morgan fingerprint density at radius 2 is 2.12 bits per heavy atom. The van der Waals surface area contributed by atoms with Gasteiger partial charge in [0.25, 0.3) is 0 Å². The lowest BCUT2D eigenvalue weighted by molar-refractivity contribution is -0.135. The van der Waals surface area contributed by atoms with Gasteiger partial charge < -0.3 is 5.73 Å². The molecule has 1 atom stereocenters. The highest BCUT2D eigenvalue weighted by Gasteiger charge is 2.26. The lowest BCUT2D eigenvalue weighted by Crippen LogP contribution is -2.15. The third kappa shape index (κ3) is 4.18. The highest BCUT2D eigenvalue weighted by atomic mass is 19.4. The summed E-state index contributed by atoms with van der Waals surface area (Å²) in [6.45, 7) is 1.85. The topological polar surface area (TPSA) is 38.9 Å². The monoisotopic (exact) mass is 232 g/mol. The molecule has 0 aliphatic rings. The fourth-order valence-corrected chi connectivity index (χ4v) is 1.55. The molecule has 90 valence electrons. The highest BCUT2D eigenvalue weighted by molar-refractivity contribution is 5.20. The van der Waals surface area contributed by atoms with Gasteiger partial charge in [-0.1, -0.05) is 6.07 Å². The number of rotatable bonds is 4. The Bertz CT molecular complexity index is 336. The third-order valence-corrected chi connectivity index (χ3v) is 2.38. The zero-order valence-corrected chi connectivity index (χ0v) is 9.09. The van der Waals surface area contributed by atoms with Crippen molar-refractivity contribution in [1.29, 1.82) is 0 Å². The number of nitrogens with zero attached hydrogens (tertiary/aromatic N) is 1. The molecule has 1 heterocycles. The molecule has 0 amide bonds. The van der Waals surface area contributed by atoms with Gasteiger partial charge in [-0.25, -0.2) is 0 Å². The minimum atomic E-state index is -4.10. The number of hydrogen-bond donors (Lipinski definition) is 1. The molecule has 1 unspecified atom stereocenters. The smallest absolute Gasteiger partial charge is 0.323 e. The normalized spacial score (nSPS) is 13.8. The van der Waals surface area contributed by atoms with Gasteiger partial charge in [0, 0.05) is 18.7 Å². The molecule has 1 rings (SSSR count). The van der Waals surface area contributed by atoms with Crippen molar-refractivity contribution in [3.05, 3.63) is 29.6 Å². The molecule has 1 aromatic heterocycles. The lowest BCUT2D eigenvalue weighted by Gasteiger charge is -2.13. The quantitative estimate of drug-likeness (QED) is 0.866. The molecule has 16 heavy (non-hydrogen) atoms. The average Bonchev–Trinajstić information content (AvgIpc) is 2.16. The second-order valence-electron chi connectivity index (χ2n) is 3.82. The molecule has 0 aromatic carbocycles. The van der Waals surface area contributed by atoms with E-state index in [0.29, 0.717) is 12.1 Å². The maximum Gasteiger partial charge on any atom is 0.389 e. The third-order valence-electron chi connectivity index (χ3n) is 2.38. The summed E-state index contributed by atoms with van der Waals surface area (Å²) in [7, 11) is 0. The molecular weight excluding hydrogens is 217 g/mol. The number of aryl methyl sites for hydroxylation is 1. The van der Waals surface area contributed by atoms with E-state index in [1.165, 1.54) is 0 Å². The maximum absolute atomic E-state index is 11.9. The van der Waals surface area contributed by atoms with Gasteiger partial charge in [-0.05, 0) is 31.4 Å². The van der Waals surface area contributed by atoms with E-state index in [4.69, 9.17) is 5.73 Å². The molecule has 5 heteroatoms. The molecule has 0 fully saturated rings. The zero-order valence-electron chi connectivity index (χ0n) is 9.09. The number of pyridine rings is 1. The van der Waals surface area contributed by atoms with Crippen molar-refractivity contribution >= 4 is 0 Å². The highest BCUT2D eigenvalue weighted by Crippen LogP contribution is 2.25. The summed E-state index contributed by atoms with van der Waals surface area (Å²) in [5.74, 6) is 0. The van der Waals surface area contributed by atoms with Crippen LogP contribution >= 0.6 is 0 Å². The molecule has 1 aromatic rings. The van der Waals surface area contributed by atoms with E-state index < -0.39 is 18.6 Å². The Labute approximate surface area is 92.7 Å². The van der Waals surface area contributed by atoms with Crippen molar-refractivity contribution in [3.8, 4) is 0 Å². The van der Waals surface area contributed by atoms with Crippen molar-refractivity contribution in [2.45, 2.75) is 38.4 Å². The Balaban J connectivity index is 2.47. The SMILES string of the molecule is Cc1cccnc1C(N)CCCC(F)(F)F. The Morgan fingerprint density at radius 3 is 2.69 bits per heavy atom. The number of nitrogens with two attached hydrogens (primary N) is 1. The molecule has 2 nitrogen and oxygen atoms in total. The summed E-state index contributed by atoms with van der Waals surface area (Å²) in [5, 5.41) is 0. The number of aromatic nitrogens is 1. The summed E-state index contributed by atoms with van der Waals surface area (Å²) < 4.78 is 35.8. The minimum Gasteiger partial charge on any atom is -0.323 e. The van der Waals surface area contributed by atoms with E-state index in [0.717, 1.165) is 5.56 Å². The first-order valence-corrected chi connectivity index (χ1v) is 5.14. The van der Waals surface area contributed by atoms with Crippen LogP contribution in [0.5, 0.6) is 0 Å². The number of alkyl halides is 3. The fraction of sp³-hybridized carbons (Fsp3) is 0.545. The first kappa shape index (κ1) is 13.0. The predicted molar refractivity (Wildman–Crippen MR) is 55.8 cm³/mol. The van der Waals surface area contributed by atoms with Gasteiger partial charge in [-0.15, -0.1) is 0 Å². The Hall–Kier alpha value is -1.10. The van der Waals surface area contributed by atoms with E-state index in [9.17, 15) is 13.2 Å². The first-order valence-electron chi connectivity index (χ1n) is 5.14. The van der Waals surface area contributed by atoms with Crippen LogP contribution in [0.15, 0.2) is 18.3 Å². The molecule has 0 radical (unpaired) electrons. The van der Waals surface area contributed by atoms with E-state index in [2.05, 4.69) is 4.98 Å². The van der Waals surface area contributed by atoms with Gasteiger partial charge >= 0.3 is 6.18 Å². The Kier molecular flexibility index (Phi) is 4.29. The minimum absolute atomic E-state index is 0.0423. The van der Waals surface area contributed by atoms with Crippen LogP contribution in [0.1, 0.15) is 36.6 Å². The van der Waals surface area contributed by atoms with Crippen molar-refractivity contribution < 1.29 is 13.2 Å². The zero-order chi connectivity index (χ0) is 12.2. The summed E-state index contributed by atoms with van der Waals surface area (Å²) >= 11 is 0. The Morgan fingerprint density at radius 1 is 1.44 bits per heavy atom. The molecular formula is C11H15F3N2. The lowest BCUT2D eigenvalue weighted by atomic mass is 10.0. The van der Waals surface area contributed by atoms with Crippen LogP contribution in [-0.2, 0) is 0 Å². The maximum atomic E-state index is 11.9. The first-order chi connectivity index (χ1) is 7.40. The van der Waals surface area contributed by atoms with E-state index in [1.54, 1.807) is 12.3 Å². The van der Waals surface area contributed by atoms with Crippen LogP contribution in [0, 0.1) is 6.92 Å². The second-order valence-corrected chi connectivity index (χ2v) is 3.82. The predicted octanol–water partition coefficient (Wildman–Crippen LogP) is 3.12. The van der Waals surface area contributed by atoms with E-state index in [-0.39, 0.29) is 6.42 Å². The fourth-order valence-electron chi connectivity index (χ4n) is 1.55. The van der Waals surface area contributed by atoms with Crippen molar-refractivity contribution in [3.63, 3.8) is 0 Å². The van der Waals surface area contributed by atoms with Crippen molar-refractivity contribution in [1.82, 2.24) is 4.98 Å². The molecule has 0 saturated carbocycles. The van der Waals surface area contributed by atoms with Crippen LogP contribution in [0.4, 0.5) is 13.2 Å². The van der Waals surface area contributed by atoms with Crippen LogP contribution < -0.4 is 5.73 Å². The molecule has 0 spiro atoms. The number of hydrogen-bond acceptors (Lipinski definition) is 2. The summed E-state index contributed by atoms with van der Waals surface area (Å²) in [6.07, 6.45) is -2.94. The van der Waals surface area contributed by atoms with Gasteiger partial charge in [0.05, 0.1) is 5.69 Å². The molecule has 0 bridgehead atoms. The van der Waals surface area contributed by atoms with Gasteiger partial charge in [0.15, 0.2) is 0 Å². The molecule has 0 saturated heterocycles. The van der Waals surface area contributed by atoms with Crippen LogP contribution in [0.2, 0.25) is 0 Å². The van der Waals surface area contributed by atoms with Crippen molar-refractivity contribution in [2.24, 2.45) is 5.73 Å². The van der Waals surface area contributed by atoms with Crippen LogP contribution in [0.3, 0.4) is 0 Å². The van der Waals surface area contributed by atoms with Gasteiger partial charge in [-0.2, -0.15) is 13.2 Å². The van der Waals surface area contributed by atoms with Crippen LogP contribution in [0.25, 0.3) is 0 Å². The van der Waals surface area contributed by atoms with Crippen molar-refractivity contribution in [2.75, 3.05) is 0 Å².